The largest absolute Gasteiger partial charge is 0.449 e. The van der Waals surface area contributed by atoms with Crippen LogP contribution in [-0.4, -0.2) is 40.5 Å². The van der Waals surface area contributed by atoms with Crippen LogP contribution in [0.15, 0.2) is 54.7 Å². The van der Waals surface area contributed by atoms with Crippen LogP contribution in [0.4, 0.5) is 4.79 Å². The second-order valence-electron chi connectivity index (χ2n) is 7.36. The molecule has 0 saturated heterocycles. The first-order valence-electron chi connectivity index (χ1n) is 9.92. The first kappa shape index (κ1) is 20.5. The molecule has 0 fully saturated rings. The van der Waals surface area contributed by atoms with E-state index in [1.54, 1.807) is 6.20 Å². The molecule has 1 heterocycles. The molecule has 2 atom stereocenters. The van der Waals surface area contributed by atoms with E-state index in [0.717, 1.165) is 16.0 Å². The highest BCUT2D eigenvalue weighted by atomic mass is 32.1. The Kier molecular flexibility index (Phi) is 6.13. The molecule has 3 aromatic rings. The maximum Gasteiger partial charge on any atom is 0.407 e. The van der Waals surface area contributed by atoms with Crippen LogP contribution in [0.3, 0.4) is 0 Å². The van der Waals surface area contributed by atoms with E-state index in [2.05, 4.69) is 34.6 Å². The van der Waals surface area contributed by atoms with Crippen molar-refractivity contribution in [3.05, 3.63) is 75.7 Å². The molecular weight excluding hydrogens is 400 g/mol. The molecular formula is C23H24N2O4S. The van der Waals surface area contributed by atoms with Crippen molar-refractivity contribution in [3.63, 3.8) is 0 Å². The van der Waals surface area contributed by atoms with E-state index in [9.17, 15) is 15.0 Å². The van der Waals surface area contributed by atoms with Crippen molar-refractivity contribution < 1.29 is 19.7 Å². The van der Waals surface area contributed by atoms with Gasteiger partial charge in [-0.15, -0.1) is 11.3 Å². The number of aryl methyl sites for hydroxylation is 1. The Balaban J connectivity index is 1.28. The Bertz CT molecular complexity index is 990. The molecule has 1 aliphatic rings. The summed E-state index contributed by atoms with van der Waals surface area (Å²) in [6, 6.07) is 16.3. The highest BCUT2D eigenvalue weighted by molar-refractivity contribution is 7.11. The molecule has 1 aromatic heterocycles. The molecule has 156 valence electrons. The lowest BCUT2D eigenvalue weighted by molar-refractivity contribution is 0.0135. The first-order valence-corrected chi connectivity index (χ1v) is 10.7. The van der Waals surface area contributed by atoms with Crippen molar-refractivity contribution in [1.82, 2.24) is 10.3 Å². The van der Waals surface area contributed by atoms with Gasteiger partial charge in [0.1, 0.15) is 17.7 Å². The smallest absolute Gasteiger partial charge is 0.407 e. The third-order valence-corrected chi connectivity index (χ3v) is 6.29. The van der Waals surface area contributed by atoms with Gasteiger partial charge in [0.2, 0.25) is 0 Å². The second kappa shape index (κ2) is 8.95. The number of aliphatic hydroxyl groups is 2. The van der Waals surface area contributed by atoms with E-state index in [1.165, 1.54) is 22.5 Å². The number of aromatic nitrogens is 1. The molecule has 30 heavy (non-hydrogen) atoms. The minimum absolute atomic E-state index is 0.00343. The molecule has 6 nitrogen and oxygen atoms in total. The van der Waals surface area contributed by atoms with Crippen molar-refractivity contribution in [3.8, 4) is 11.1 Å². The summed E-state index contributed by atoms with van der Waals surface area (Å²) >= 11 is 1.34. The van der Waals surface area contributed by atoms with E-state index in [0.29, 0.717) is 5.01 Å². The van der Waals surface area contributed by atoms with Crippen LogP contribution >= 0.6 is 11.3 Å². The van der Waals surface area contributed by atoms with E-state index in [4.69, 9.17) is 4.74 Å². The lowest BCUT2D eigenvalue weighted by atomic mass is 9.98. The van der Waals surface area contributed by atoms with Gasteiger partial charge in [0.25, 0.3) is 0 Å². The standard InChI is InChI=1S/C23H24N2O4S/c1-14-12-25-22(30-14)21(27)20(26)10-11-24-23(28)29-13-19-17-8-4-2-6-15(17)16-7-3-5-9-18(16)19/h2-9,12,19-21,26-27H,10-11,13H2,1H3,(H,24,28). The van der Waals surface area contributed by atoms with E-state index in [1.807, 2.05) is 31.2 Å². The van der Waals surface area contributed by atoms with Crippen molar-refractivity contribution in [2.24, 2.45) is 0 Å². The molecule has 7 heteroatoms. The normalized spacial score (nSPS) is 14.6. The van der Waals surface area contributed by atoms with Gasteiger partial charge in [-0.25, -0.2) is 9.78 Å². The quantitative estimate of drug-likeness (QED) is 0.537. The summed E-state index contributed by atoms with van der Waals surface area (Å²) in [6.45, 7) is 2.32. The average Bonchev–Trinajstić information content (AvgIpc) is 3.33. The van der Waals surface area contributed by atoms with Gasteiger partial charge in [0, 0.05) is 23.5 Å². The van der Waals surface area contributed by atoms with Crippen LogP contribution in [-0.2, 0) is 4.74 Å². The number of carbonyl (C=O) groups is 1. The molecule has 0 bridgehead atoms. The number of hydrogen-bond donors (Lipinski definition) is 3. The number of thiazole rings is 1. The van der Waals surface area contributed by atoms with Crippen LogP contribution in [0.1, 0.15) is 39.5 Å². The fraction of sp³-hybridized carbons (Fsp3) is 0.304. The fourth-order valence-electron chi connectivity index (χ4n) is 3.80. The SMILES string of the molecule is Cc1cnc(C(O)C(O)CCNC(=O)OCC2c3ccccc3-c3ccccc32)s1. The van der Waals surface area contributed by atoms with Gasteiger partial charge in [-0.3, -0.25) is 0 Å². The molecule has 2 aromatic carbocycles. The Morgan fingerprint density at radius 3 is 2.37 bits per heavy atom. The summed E-state index contributed by atoms with van der Waals surface area (Å²) in [5.74, 6) is 0.00343. The number of aliphatic hydroxyl groups excluding tert-OH is 2. The lowest BCUT2D eigenvalue weighted by Crippen LogP contribution is -2.30. The molecule has 4 rings (SSSR count). The van der Waals surface area contributed by atoms with Gasteiger partial charge in [-0.1, -0.05) is 48.5 Å². The maximum atomic E-state index is 12.2. The maximum absolute atomic E-state index is 12.2. The number of rotatable bonds is 7. The highest BCUT2D eigenvalue weighted by Crippen LogP contribution is 2.44. The van der Waals surface area contributed by atoms with Gasteiger partial charge in [-0.2, -0.15) is 0 Å². The zero-order chi connectivity index (χ0) is 21.1. The van der Waals surface area contributed by atoms with Crippen molar-refractivity contribution in [1.29, 1.82) is 0 Å². The molecule has 3 N–H and O–H groups in total. The number of amides is 1. The topological polar surface area (TPSA) is 91.7 Å². The fourth-order valence-corrected chi connectivity index (χ4v) is 4.62. The molecule has 1 amide bonds. The summed E-state index contributed by atoms with van der Waals surface area (Å²) in [6.07, 6.45) is -0.754. The number of nitrogens with one attached hydrogen (secondary N) is 1. The Hall–Kier alpha value is -2.74. The Labute approximate surface area is 179 Å². The van der Waals surface area contributed by atoms with Gasteiger partial charge in [0.05, 0.1) is 6.10 Å². The van der Waals surface area contributed by atoms with Gasteiger partial charge in [0.15, 0.2) is 0 Å². The van der Waals surface area contributed by atoms with Crippen LogP contribution in [0.5, 0.6) is 0 Å². The monoisotopic (exact) mass is 424 g/mol. The predicted octanol–water partition coefficient (Wildman–Crippen LogP) is 3.77. The first-order chi connectivity index (χ1) is 14.5. The summed E-state index contributed by atoms with van der Waals surface area (Å²) in [5, 5.41) is 23.4. The lowest BCUT2D eigenvalue weighted by Gasteiger charge is -2.17. The molecule has 1 aliphatic carbocycles. The van der Waals surface area contributed by atoms with Gasteiger partial charge in [-0.05, 0) is 35.6 Å². The van der Waals surface area contributed by atoms with E-state index >= 15 is 0 Å². The van der Waals surface area contributed by atoms with Gasteiger partial charge >= 0.3 is 6.09 Å². The number of carbonyl (C=O) groups excluding carboxylic acids is 1. The molecule has 0 spiro atoms. The van der Waals surface area contributed by atoms with Crippen LogP contribution in [0, 0.1) is 6.92 Å². The highest BCUT2D eigenvalue weighted by Gasteiger charge is 2.29. The predicted molar refractivity (Wildman–Crippen MR) is 116 cm³/mol. The van der Waals surface area contributed by atoms with Gasteiger partial charge < -0.3 is 20.3 Å². The second-order valence-corrected chi connectivity index (χ2v) is 8.63. The minimum atomic E-state index is -1.06. The molecule has 2 unspecified atom stereocenters. The molecule has 0 saturated carbocycles. The zero-order valence-electron chi connectivity index (χ0n) is 16.6. The van der Waals surface area contributed by atoms with E-state index in [-0.39, 0.29) is 25.5 Å². The number of hydrogen-bond acceptors (Lipinski definition) is 6. The van der Waals surface area contributed by atoms with Crippen molar-refractivity contribution in [2.75, 3.05) is 13.2 Å². The van der Waals surface area contributed by atoms with Crippen molar-refractivity contribution >= 4 is 17.4 Å². The summed E-state index contributed by atoms with van der Waals surface area (Å²) < 4.78 is 5.47. The number of fused-ring (bicyclic) bond motifs is 3. The average molecular weight is 425 g/mol. The third-order valence-electron chi connectivity index (χ3n) is 5.31. The van der Waals surface area contributed by atoms with Crippen LogP contribution in [0.2, 0.25) is 0 Å². The number of ether oxygens (including phenoxy) is 1. The molecule has 0 radical (unpaired) electrons. The number of alkyl carbamates (subject to hydrolysis) is 1. The van der Waals surface area contributed by atoms with Crippen LogP contribution in [0.25, 0.3) is 11.1 Å². The number of nitrogens with zero attached hydrogens (tertiary/aromatic N) is 1. The van der Waals surface area contributed by atoms with Crippen LogP contribution < -0.4 is 5.32 Å². The van der Waals surface area contributed by atoms with E-state index < -0.39 is 18.3 Å². The summed E-state index contributed by atoms with van der Waals surface area (Å²) in [4.78, 5) is 17.2. The Morgan fingerprint density at radius 2 is 1.77 bits per heavy atom. The van der Waals surface area contributed by atoms with Crippen molar-refractivity contribution in [2.45, 2.75) is 31.5 Å². The zero-order valence-corrected chi connectivity index (χ0v) is 17.4. The third kappa shape index (κ3) is 4.23. The summed E-state index contributed by atoms with van der Waals surface area (Å²) in [7, 11) is 0. The molecule has 0 aliphatic heterocycles. The Morgan fingerprint density at radius 1 is 1.13 bits per heavy atom. The number of benzene rings is 2. The summed E-state index contributed by atoms with van der Waals surface area (Å²) in [5.41, 5.74) is 4.67. The minimum Gasteiger partial charge on any atom is -0.449 e.